The minimum absolute atomic E-state index is 0.403. The lowest BCUT2D eigenvalue weighted by molar-refractivity contribution is 0.250. The second kappa shape index (κ2) is 7.38. The first kappa shape index (κ1) is 16.5. The third-order valence-electron chi connectivity index (χ3n) is 4.27. The summed E-state index contributed by atoms with van der Waals surface area (Å²) in [5.41, 5.74) is 6.64. The summed E-state index contributed by atoms with van der Waals surface area (Å²) < 4.78 is 27.0. The maximum Gasteiger partial charge on any atom is 0.243 e. The predicted octanol–water partition coefficient (Wildman–Crippen LogP) is 2.39. The van der Waals surface area contributed by atoms with Crippen LogP contribution in [0, 0.1) is 5.92 Å². The van der Waals surface area contributed by atoms with Crippen molar-refractivity contribution in [3.63, 3.8) is 0 Å². The number of nitrogens with zero attached hydrogens (tertiary/aromatic N) is 1. The van der Waals surface area contributed by atoms with Gasteiger partial charge in [-0.15, -0.1) is 0 Å². The monoisotopic (exact) mass is 310 g/mol. The van der Waals surface area contributed by atoms with Crippen LogP contribution in [0.3, 0.4) is 0 Å². The van der Waals surface area contributed by atoms with Gasteiger partial charge in [-0.05, 0) is 55.8 Å². The Balaban J connectivity index is 2.09. The number of rotatable bonds is 8. The van der Waals surface area contributed by atoms with Crippen LogP contribution in [0.15, 0.2) is 29.2 Å². The summed E-state index contributed by atoms with van der Waals surface area (Å²) in [4.78, 5) is 0.403. The molecular weight excluding hydrogens is 284 g/mol. The molecule has 0 radical (unpaired) electrons. The molecule has 1 aromatic rings. The van der Waals surface area contributed by atoms with E-state index in [1.165, 1.54) is 6.42 Å². The van der Waals surface area contributed by atoms with Gasteiger partial charge in [0.05, 0.1) is 4.90 Å². The van der Waals surface area contributed by atoms with Crippen molar-refractivity contribution in [3.05, 3.63) is 29.8 Å². The summed E-state index contributed by atoms with van der Waals surface area (Å²) in [6.45, 7) is 3.76. The summed E-state index contributed by atoms with van der Waals surface area (Å²) in [7, 11) is -3.35. The molecule has 21 heavy (non-hydrogen) atoms. The lowest BCUT2D eigenvalue weighted by atomic mass is 9.85. The quantitative estimate of drug-likeness (QED) is 0.802. The Morgan fingerprint density at radius 1 is 1.24 bits per heavy atom. The highest BCUT2D eigenvalue weighted by molar-refractivity contribution is 7.89. The van der Waals surface area contributed by atoms with Gasteiger partial charge < -0.3 is 5.73 Å². The summed E-state index contributed by atoms with van der Waals surface area (Å²) in [5.74, 6) is 0.545. The van der Waals surface area contributed by atoms with Crippen LogP contribution < -0.4 is 5.73 Å². The highest BCUT2D eigenvalue weighted by Gasteiger charge is 2.28. The molecule has 4 nitrogen and oxygen atoms in total. The number of hydrogen-bond acceptors (Lipinski definition) is 3. The van der Waals surface area contributed by atoms with E-state index in [-0.39, 0.29) is 0 Å². The summed E-state index contributed by atoms with van der Waals surface area (Å²) in [6, 6.07) is 7.26. The van der Waals surface area contributed by atoms with Crippen molar-refractivity contribution in [2.75, 3.05) is 19.6 Å². The molecule has 1 saturated carbocycles. The van der Waals surface area contributed by atoms with E-state index in [4.69, 9.17) is 5.73 Å². The molecule has 0 saturated heterocycles. The largest absolute Gasteiger partial charge is 0.330 e. The van der Waals surface area contributed by atoms with Crippen molar-refractivity contribution in [2.45, 2.75) is 43.9 Å². The smallest absolute Gasteiger partial charge is 0.243 e. The molecule has 0 aliphatic heterocycles. The van der Waals surface area contributed by atoms with Crippen LogP contribution in [0.1, 0.15) is 38.2 Å². The van der Waals surface area contributed by atoms with Crippen LogP contribution >= 0.6 is 0 Å². The summed E-state index contributed by atoms with van der Waals surface area (Å²) in [5, 5.41) is 0. The van der Waals surface area contributed by atoms with Crippen molar-refractivity contribution in [3.8, 4) is 0 Å². The molecular formula is C16H26N2O2S. The van der Waals surface area contributed by atoms with Crippen molar-refractivity contribution in [1.29, 1.82) is 0 Å². The fourth-order valence-electron chi connectivity index (χ4n) is 2.64. The van der Waals surface area contributed by atoms with Gasteiger partial charge in [-0.2, -0.15) is 4.31 Å². The van der Waals surface area contributed by atoms with Gasteiger partial charge in [-0.25, -0.2) is 8.42 Å². The van der Waals surface area contributed by atoms with E-state index in [1.807, 2.05) is 19.1 Å². The number of benzene rings is 1. The number of hydrogen-bond donors (Lipinski definition) is 1. The molecule has 0 aromatic heterocycles. The van der Waals surface area contributed by atoms with Crippen molar-refractivity contribution in [2.24, 2.45) is 11.7 Å². The lowest BCUT2D eigenvalue weighted by Gasteiger charge is -2.31. The molecule has 0 heterocycles. The predicted molar refractivity (Wildman–Crippen MR) is 85.6 cm³/mol. The van der Waals surface area contributed by atoms with Gasteiger partial charge in [0.15, 0.2) is 0 Å². The Kier molecular flexibility index (Phi) is 5.79. The minimum atomic E-state index is -3.35. The van der Waals surface area contributed by atoms with E-state index in [0.29, 0.717) is 30.4 Å². The molecule has 2 N–H and O–H groups in total. The molecule has 1 aliphatic rings. The lowest BCUT2D eigenvalue weighted by Crippen LogP contribution is -2.37. The van der Waals surface area contributed by atoms with E-state index in [1.54, 1.807) is 16.4 Å². The van der Waals surface area contributed by atoms with Crippen LogP contribution in [0.5, 0.6) is 0 Å². The molecule has 0 unspecified atom stereocenters. The standard InChI is InChI=1S/C16H26N2O2S/c1-2-18(13-15-5-3-6-15)21(19,20)16-10-8-14(9-11-16)7-4-12-17/h8-11,15H,2-7,12-13,17H2,1H3. The molecule has 118 valence electrons. The molecule has 1 aliphatic carbocycles. The first-order valence-corrected chi connectivity index (χ1v) is 9.31. The molecule has 2 rings (SSSR count). The zero-order valence-corrected chi connectivity index (χ0v) is 13.6. The van der Waals surface area contributed by atoms with Crippen molar-refractivity contribution >= 4 is 10.0 Å². The summed E-state index contributed by atoms with van der Waals surface area (Å²) in [6.07, 6.45) is 5.37. The van der Waals surface area contributed by atoms with E-state index in [0.717, 1.165) is 31.2 Å². The maximum atomic E-state index is 12.7. The van der Waals surface area contributed by atoms with Gasteiger partial charge in [0.25, 0.3) is 0 Å². The Morgan fingerprint density at radius 3 is 2.38 bits per heavy atom. The van der Waals surface area contributed by atoms with E-state index >= 15 is 0 Å². The number of aryl methyl sites for hydroxylation is 1. The molecule has 0 amide bonds. The molecule has 1 aromatic carbocycles. The van der Waals surface area contributed by atoms with E-state index in [2.05, 4.69) is 0 Å². The normalized spacial score (nSPS) is 16.1. The average Bonchev–Trinajstić information content (AvgIpc) is 2.44. The highest BCUT2D eigenvalue weighted by Crippen LogP contribution is 2.29. The summed E-state index contributed by atoms with van der Waals surface area (Å²) >= 11 is 0. The fourth-order valence-corrected chi connectivity index (χ4v) is 4.17. The van der Waals surface area contributed by atoms with Gasteiger partial charge in [0, 0.05) is 13.1 Å². The van der Waals surface area contributed by atoms with Crippen LogP contribution in [-0.4, -0.2) is 32.4 Å². The van der Waals surface area contributed by atoms with Crippen LogP contribution in [0.2, 0.25) is 0 Å². The zero-order chi connectivity index (χ0) is 15.3. The highest BCUT2D eigenvalue weighted by atomic mass is 32.2. The van der Waals surface area contributed by atoms with Crippen LogP contribution in [0.25, 0.3) is 0 Å². The van der Waals surface area contributed by atoms with Gasteiger partial charge in [-0.1, -0.05) is 25.5 Å². The van der Waals surface area contributed by atoms with Gasteiger partial charge in [0.1, 0.15) is 0 Å². The maximum absolute atomic E-state index is 12.7. The third-order valence-corrected chi connectivity index (χ3v) is 6.22. The zero-order valence-electron chi connectivity index (χ0n) is 12.8. The van der Waals surface area contributed by atoms with E-state index in [9.17, 15) is 8.42 Å². The van der Waals surface area contributed by atoms with Gasteiger partial charge >= 0.3 is 0 Å². The van der Waals surface area contributed by atoms with Crippen molar-refractivity contribution < 1.29 is 8.42 Å². The first-order chi connectivity index (χ1) is 10.1. The second-order valence-electron chi connectivity index (χ2n) is 5.79. The molecule has 5 heteroatoms. The fraction of sp³-hybridized carbons (Fsp3) is 0.625. The topological polar surface area (TPSA) is 63.4 Å². The van der Waals surface area contributed by atoms with Crippen molar-refractivity contribution in [1.82, 2.24) is 4.31 Å². The number of sulfonamides is 1. The SMILES string of the molecule is CCN(CC1CCC1)S(=O)(=O)c1ccc(CCCN)cc1. The first-order valence-electron chi connectivity index (χ1n) is 7.87. The Hall–Kier alpha value is -0.910. The van der Waals surface area contributed by atoms with Crippen LogP contribution in [-0.2, 0) is 16.4 Å². The molecule has 1 fully saturated rings. The second-order valence-corrected chi connectivity index (χ2v) is 7.73. The van der Waals surface area contributed by atoms with E-state index < -0.39 is 10.0 Å². The minimum Gasteiger partial charge on any atom is -0.330 e. The Bertz CT molecular complexity index is 536. The molecule has 0 spiro atoms. The molecule has 0 bridgehead atoms. The third kappa shape index (κ3) is 4.05. The average molecular weight is 310 g/mol. The number of nitrogens with two attached hydrogens (primary N) is 1. The Labute approximate surface area is 128 Å². The van der Waals surface area contributed by atoms with Crippen LogP contribution in [0.4, 0.5) is 0 Å². The van der Waals surface area contributed by atoms with Gasteiger partial charge in [0.2, 0.25) is 10.0 Å². The molecule has 0 atom stereocenters. The van der Waals surface area contributed by atoms with Gasteiger partial charge in [-0.3, -0.25) is 0 Å². The Morgan fingerprint density at radius 2 is 1.90 bits per heavy atom.